The van der Waals surface area contributed by atoms with E-state index in [2.05, 4.69) is 62.3 Å². The fourth-order valence-electron chi connectivity index (χ4n) is 1.93. The third-order valence-corrected chi connectivity index (χ3v) is 2.72. The molecule has 0 spiro atoms. The molecule has 0 saturated heterocycles. The SMILES string of the molecule is CN=C(NCCC(C)C)NCC(C)(C)CN(C)C.I. The summed E-state index contributed by atoms with van der Waals surface area (Å²) in [7, 11) is 6.04. The van der Waals surface area contributed by atoms with Crippen molar-refractivity contribution in [1.29, 1.82) is 0 Å². The maximum Gasteiger partial charge on any atom is 0.190 e. The number of nitrogens with one attached hydrogen (secondary N) is 2. The number of guanidine groups is 1. The van der Waals surface area contributed by atoms with Crippen LogP contribution in [0, 0.1) is 11.3 Å². The highest BCUT2D eigenvalue weighted by atomic mass is 127. The van der Waals surface area contributed by atoms with Crippen molar-refractivity contribution in [3.8, 4) is 0 Å². The van der Waals surface area contributed by atoms with Crippen molar-refractivity contribution in [2.24, 2.45) is 16.3 Å². The number of hydrogen-bond donors (Lipinski definition) is 2. The summed E-state index contributed by atoms with van der Waals surface area (Å²) in [5.41, 5.74) is 0.235. The Bertz CT molecular complexity index is 250. The van der Waals surface area contributed by atoms with Crippen LogP contribution < -0.4 is 10.6 Å². The minimum Gasteiger partial charge on any atom is -0.356 e. The van der Waals surface area contributed by atoms with E-state index < -0.39 is 0 Å². The zero-order valence-electron chi connectivity index (χ0n) is 13.7. The van der Waals surface area contributed by atoms with E-state index in [0.29, 0.717) is 0 Å². The lowest BCUT2D eigenvalue weighted by Gasteiger charge is -2.29. The summed E-state index contributed by atoms with van der Waals surface area (Å²) in [4.78, 5) is 6.47. The monoisotopic (exact) mass is 384 g/mol. The van der Waals surface area contributed by atoms with Crippen LogP contribution in [0.4, 0.5) is 0 Å². The molecule has 0 aliphatic rings. The first-order valence-corrected chi connectivity index (χ1v) is 6.86. The molecule has 19 heavy (non-hydrogen) atoms. The average Bonchev–Trinajstić information content (AvgIpc) is 2.20. The summed E-state index contributed by atoms with van der Waals surface area (Å²) < 4.78 is 0. The van der Waals surface area contributed by atoms with E-state index in [4.69, 9.17) is 0 Å². The minimum absolute atomic E-state index is 0. The van der Waals surface area contributed by atoms with Gasteiger partial charge in [-0.3, -0.25) is 4.99 Å². The Hall–Kier alpha value is -0.0400. The Morgan fingerprint density at radius 3 is 2.21 bits per heavy atom. The van der Waals surface area contributed by atoms with Crippen LogP contribution in [-0.2, 0) is 0 Å². The van der Waals surface area contributed by atoms with Gasteiger partial charge in [-0.05, 0) is 31.8 Å². The molecule has 0 aliphatic heterocycles. The molecule has 0 saturated carbocycles. The summed E-state index contributed by atoms with van der Waals surface area (Å²) in [5.74, 6) is 1.63. The maximum atomic E-state index is 4.25. The summed E-state index contributed by atoms with van der Waals surface area (Å²) in [6.45, 7) is 12.0. The van der Waals surface area contributed by atoms with E-state index in [-0.39, 0.29) is 29.4 Å². The average molecular weight is 384 g/mol. The van der Waals surface area contributed by atoms with E-state index >= 15 is 0 Å². The lowest BCUT2D eigenvalue weighted by Crippen LogP contribution is -2.45. The van der Waals surface area contributed by atoms with Crippen LogP contribution in [-0.4, -0.2) is 51.6 Å². The largest absolute Gasteiger partial charge is 0.356 e. The molecule has 0 heterocycles. The van der Waals surface area contributed by atoms with Crippen molar-refractivity contribution in [3.63, 3.8) is 0 Å². The molecule has 5 heteroatoms. The number of hydrogen-bond acceptors (Lipinski definition) is 2. The Morgan fingerprint density at radius 2 is 1.79 bits per heavy atom. The summed E-state index contributed by atoms with van der Waals surface area (Å²) in [6, 6.07) is 0. The van der Waals surface area contributed by atoms with E-state index in [9.17, 15) is 0 Å². The predicted molar refractivity (Wildman–Crippen MR) is 96.6 cm³/mol. The number of nitrogens with zero attached hydrogens (tertiary/aromatic N) is 2. The third kappa shape index (κ3) is 12.7. The second-order valence-electron chi connectivity index (χ2n) is 6.44. The van der Waals surface area contributed by atoms with Gasteiger partial charge in [-0.1, -0.05) is 27.7 Å². The van der Waals surface area contributed by atoms with Gasteiger partial charge < -0.3 is 15.5 Å². The molecule has 0 radical (unpaired) electrons. The van der Waals surface area contributed by atoms with E-state index in [1.807, 2.05) is 7.05 Å². The molecule has 4 nitrogen and oxygen atoms in total. The van der Waals surface area contributed by atoms with Gasteiger partial charge in [0.25, 0.3) is 0 Å². The number of rotatable bonds is 7. The van der Waals surface area contributed by atoms with Gasteiger partial charge in [-0.2, -0.15) is 0 Å². The standard InChI is InChI=1S/C14H32N4.HI/c1-12(2)8-9-16-13(15-5)17-10-14(3,4)11-18(6)7;/h12H,8-11H2,1-7H3,(H2,15,16,17);1H. The molecular formula is C14H33IN4. The minimum atomic E-state index is 0. The highest BCUT2D eigenvalue weighted by Gasteiger charge is 2.19. The first kappa shape index (κ1) is 21.3. The third-order valence-electron chi connectivity index (χ3n) is 2.72. The van der Waals surface area contributed by atoms with Gasteiger partial charge in [0.05, 0.1) is 0 Å². The van der Waals surface area contributed by atoms with Crippen molar-refractivity contribution in [2.75, 3.05) is 40.8 Å². The van der Waals surface area contributed by atoms with E-state index in [1.54, 1.807) is 0 Å². The van der Waals surface area contributed by atoms with Crippen LogP contribution in [0.2, 0.25) is 0 Å². The van der Waals surface area contributed by atoms with Crippen LogP contribution in [0.5, 0.6) is 0 Å². The van der Waals surface area contributed by atoms with Crippen molar-refractivity contribution in [3.05, 3.63) is 0 Å². The molecule has 0 bridgehead atoms. The molecule has 2 N–H and O–H groups in total. The molecule has 116 valence electrons. The van der Waals surface area contributed by atoms with Crippen molar-refractivity contribution in [2.45, 2.75) is 34.1 Å². The summed E-state index contributed by atoms with van der Waals surface area (Å²) in [5, 5.41) is 6.75. The van der Waals surface area contributed by atoms with Gasteiger partial charge in [0.2, 0.25) is 0 Å². The van der Waals surface area contributed by atoms with Crippen LogP contribution in [0.1, 0.15) is 34.1 Å². The molecule has 0 aromatic carbocycles. The lowest BCUT2D eigenvalue weighted by molar-refractivity contribution is 0.241. The number of aliphatic imine (C=N–C) groups is 1. The van der Waals surface area contributed by atoms with Gasteiger partial charge in [0.1, 0.15) is 0 Å². The topological polar surface area (TPSA) is 39.7 Å². The van der Waals surface area contributed by atoms with Crippen LogP contribution in [0.3, 0.4) is 0 Å². The highest BCUT2D eigenvalue weighted by molar-refractivity contribution is 14.0. The molecule has 0 aromatic rings. The Labute approximate surface area is 136 Å². The van der Waals surface area contributed by atoms with Gasteiger partial charge in [-0.15, -0.1) is 24.0 Å². The molecule has 0 unspecified atom stereocenters. The second-order valence-corrected chi connectivity index (χ2v) is 6.44. The van der Waals surface area contributed by atoms with Gasteiger partial charge in [-0.25, -0.2) is 0 Å². The fraction of sp³-hybridized carbons (Fsp3) is 0.929. The Morgan fingerprint density at radius 1 is 1.21 bits per heavy atom. The first-order valence-electron chi connectivity index (χ1n) is 6.86. The van der Waals surface area contributed by atoms with Crippen LogP contribution in [0.25, 0.3) is 0 Å². The lowest BCUT2D eigenvalue weighted by atomic mass is 9.93. The first-order chi connectivity index (χ1) is 8.26. The number of halogens is 1. The normalized spacial score (nSPS) is 12.6. The summed E-state index contributed by atoms with van der Waals surface area (Å²) in [6.07, 6.45) is 1.17. The molecule has 0 rings (SSSR count). The smallest absolute Gasteiger partial charge is 0.190 e. The zero-order valence-corrected chi connectivity index (χ0v) is 16.0. The van der Waals surface area contributed by atoms with Gasteiger partial charge >= 0.3 is 0 Å². The molecule has 0 fully saturated rings. The molecule has 0 aliphatic carbocycles. The molecular weight excluding hydrogens is 351 g/mol. The zero-order chi connectivity index (χ0) is 14.2. The van der Waals surface area contributed by atoms with E-state index in [0.717, 1.165) is 31.5 Å². The van der Waals surface area contributed by atoms with Crippen LogP contribution in [0.15, 0.2) is 4.99 Å². The molecule has 0 atom stereocenters. The molecule has 0 amide bonds. The quantitative estimate of drug-likeness (QED) is 0.402. The van der Waals surface area contributed by atoms with Crippen LogP contribution >= 0.6 is 24.0 Å². The highest BCUT2D eigenvalue weighted by Crippen LogP contribution is 2.13. The van der Waals surface area contributed by atoms with E-state index in [1.165, 1.54) is 6.42 Å². The van der Waals surface area contributed by atoms with Gasteiger partial charge in [0.15, 0.2) is 5.96 Å². The second kappa shape index (κ2) is 10.7. The van der Waals surface area contributed by atoms with Crippen molar-refractivity contribution in [1.82, 2.24) is 15.5 Å². The van der Waals surface area contributed by atoms with Crippen molar-refractivity contribution >= 4 is 29.9 Å². The van der Waals surface area contributed by atoms with Gasteiger partial charge in [0, 0.05) is 26.7 Å². The summed E-state index contributed by atoms with van der Waals surface area (Å²) >= 11 is 0. The van der Waals surface area contributed by atoms with Crippen molar-refractivity contribution < 1.29 is 0 Å². The fourth-order valence-corrected chi connectivity index (χ4v) is 1.93. The Kier molecular flexibility index (Phi) is 12.0. The Balaban J connectivity index is 0. The maximum absolute atomic E-state index is 4.25. The molecule has 0 aromatic heterocycles. The predicted octanol–water partition coefficient (Wildman–Crippen LogP) is 2.40.